The maximum atomic E-state index is 13.1. The Labute approximate surface area is 158 Å². The van der Waals surface area contributed by atoms with Crippen molar-refractivity contribution < 1.29 is 9.53 Å². The Morgan fingerprint density at radius 3 is 2.52 bits per heavy atom. The molecule has 2 atom stereocenters. The second-order valence-electron chi connectivity index (χ2n) is 7.11. The summed E-state index contributed by atoms with van der Waals surface area (Å²) in [5, 5.41) is 9.67. The smallest absolute Gasteiger partial charge is 0.205 e. The lowest BCUT2D eigenvalue weighted by Crippen LogP contribution is -2.29. The fourth-order valence-electron chi connectivity index (χ4n) is 4.05. The van der Waals surface area contributed by atoms with E-state index >= 15 is 0 Å². The van der Waals surface area contributed by atoms with Gasteiger partial charge in [0.2, 0.25) is 5.88 Å². The van der Waals surface area contributed by atoms with Crippen molar-refractivity contribution in [3.8, 4) is 6.07 Å². The molecule has 2 aliphatic rings. The molecule has 134 valence electrons. The summed E-state index contributed by atoms with van der Waals surface area (Å²) in [6, 6.07) is 20.0. The summed E-state index contributed by atoms with van der Waals surface area (Å²) in [4.78, 5) is 13.1. The topological polar surface area (TPSA) is 76.1 Å². The van der Waals surface area contributed by atoms with Gasteiger partial charge in [-0.3, -0.25) is 4.79 Å². The minimum atomic E-state index is -0.456. The SMILES string of the molecule is Cc1cccc(C2C(C#N)=C(N)OC3=C2C(=O)CC(c2ccccc2)C3)c1. The number of carbonyl (C=O) groups excluding carboxylic acids is 1. The van der Waals surface area contributed by atoms with Crippen LogP contribution in [0.3, 0.4) is 0 Å². The summed E-state index contributed by atoms with van der Waals surface area (Å²) in [5.74, 6) is 0.333. The molecule has 0 bridgehead atoms. The van der Waals surface area contributed by atoms with Gasteiger partial charge in [-0.25, -0.2) is 0 Å². The van der Waals surface area contributed by atoms with Gasteiger partial charge in [0.05, 0.1) is 5.92 Å². The zero-order chi connectivity index (χ0) is 19.0. The Kier molecular flexibility index (Phi) is 4.29. The molecule has 27 heavy (non-hydrogen) atoms. The van der Waals surface area contributed by atoms with Crippen LogP contribution in [0.1, 0.15) is 41.4 Å². The molecule has 1 heterocycles. The number of allylic oxidation sites excluding steroid dienone is 3. The van der Waals surface area contributed by atoms with Gasteiger partial charge in [0, 0.05) is 18.4 Å². The first-order chi connectivity index (χ1) is 13.1. The number of carbonyl (C=O) groups is 1. The molecule has 0 radical (unpaired) electrons. The minimum Gasteiger partial charge on any atom is -0.444 e. The van der Waals surface area contributed by atoms with Gasteiger partial charge in [-0.1, -0.05) is 60.2 Å². The van der Waals surface area contributed by atoms with Crippen molar-refractivity contribution >= 4 is 5.78 Å². The summed E-state index contributed by atoms with van der Waals surface area (Å²) < 4.78 is 5.79. The highest BCUT2D eigenvalue weighted by atomic mass is 16.5. The summed E-state index contributed by atoms with van der Waals surface area (Å²) in [6.07, 6.45) is 1.01. The number of ketones is 1. The van der Waals surface area contributed by atoms with Crippen molar-refractivity contribution in [2.75, 3.05) is 0 Å². The quantitative estimate of drug-likeness (QED) is 0.875. The van der Waals surface area contributed by atoms with Crippen molar-refractivity contribution in [1.82, 2.24) is 0 Å². The van der Waals surface area contributed by atoms with Gasteiger partial charge in [-0.2, -0.15) is 5.26 Å². The van der Waals surface area contributed by atoms with E-state index in [0.717, 1.165) is 16.7 Å². The lowest BCUT2D eigenvalue weighted by Gasteiger charge is -2.34. The second kappa shape index (κ2) is 6.77. The summed E-state index contributed by atoms with van der Waals surface area (Å²) in [6.45, 7) is 1.99. The standard InChI is InChI=1S/C23H20N2O2/c1-14-6-5-9-16(10-14)21-18(13-24)23(25)27-20-12-17(11-19(26)22(20)21)15-7-3-2-4-8-15/h2-10,17,21H,11-12,25H2,1H3. The van der Waals surface area contributed by atoms with E-state index in [9.17, 15) is 10.1 Å². The van der Waals surface area contributed by atoms with E-state index in [1.165, 1.54) is 0 Å². The first-order valence-electron chi connectivity index (χ1n) is 9.04. The molecule has 2 aromatic rings. The lowest BCUT2D eigenvalue weighted by atomic mass is 9.73. The van der Waals surface area contributed by atoms with E-state index in [4.69, 9.17) is 10.5 Å². The summed E-state index contributed by atoms with van der Waals surface area (Å²) in [7, 11) is 0. The Morgan fingerprint density at radius 1 is 1.07 bits per heavy atom. The number of rotatable bonds is 2. The van der Waals surface area contributed by atoms with E-state index in [0.29, 0.717) is 29.7 Å². The Morgan fingerprint density at radius 2 is 1.81 bits per heavy atom. The van der Waals surface area contributed by atoms with Crippen molar-refractivity contribution in [3.05, 3.63) is 94.1 Å². The highest BCUT2D eigenvalue weighted by molar-refractivity contribution is 6.00. The Bertz CT molecular complexity index is 1010. The first kappa shape index (κ1) is 17.1. The van der Waals surface area contributed by atoms with Crippen LogP contribution in [-0.2, 0) is 9.53 Å². The fraction of sp³-hybridized carbons (Fsp3) is 0.217. The molecule has 2 unspecified atom stereocenters. The number of hydrogen-bond donors (Lipinski definition) is 1. The monoisotopic (exact) mass is 356 g/mol. The number of aryl methyl sites for hydroxylation is 1. The molecule has 4 nitrogen and oxygen atoms in total. The Hall–Kier alpha value is -3.32. The molecular formula is C23H20N2O2. The predicted octanol–water partition coefficient (Wildman–Crippen LogP) is 4.20. The highest BCUT2D eigenvalue weighted by Gasteiger charge is 2.40. The van der Waals surface area contributed by atoms with Crippen LogP contribution in [-0.4, -0.2) is 5.78 Å². The maximum absolute atomic E-state index is 13.1. The molecule has 0 aromatic heterocycles. The second-order valence-corrected chi connectivity index (χ2v) is 7.11. The van der Waals surface area contributed by atoms with E-state index in [-0.39, 0.29) is 17.6 Å². The number of hydrogen-bond acceptors (Lipinski definition) is 4. The number of Topliss-reactive ketones (excluding diaryl/α,β-unsaturated/α-hetero) is 1. The molecule has 2 aromatic carbocycles. The zero-order valence-electron chi connectivity index (χ0n) is 15.1. The van der Waals surface area contributed by atoms with Crippen molar-refractivity contribution in [2.24, 2.45) is 5.73 Å². The molecule has 0 spiro atoms. The van der Waals surface area contributed by atoms with Crippen LogP contribution in [0.4, 0.5) is 0 Å². The van der Waals surface area contributed by atoms with Gasteiger partial charge in [0.1, 0.15) is 17.4 Å². The average Bonchev–Trinajstić information content (AvgIpc) is 2.67. The van der Waals surface area contributed by atoms with Crippen molar-refractivity contribution in [1.29, 1.82) is 5.26 Å². The van der Waals surface area contributed by atoms with Gasteiger partial charge in [-0.15, -0.1) is 0 Å². The largest absolute Gasteiger partial charge is 0.444 e. The molecule has 4 rings (SSSR count). The number of nitrogens with zero attached hydrogens (tertiary/aromatic N) is 1. The van der Waals surface area contributed by atoms with Crippen LogP contribution < -0.4 is 5.73 Å². The summed E-state index contributed by atoms with van der Waals surface area (Å²) >= 11 is 0. The molecule has 1 aliphatic heterocycles. The van der Waals surface area contributed by atoms with Gasteiger partial charge in [-0.05, 0) is 24.0 Å². The number of ether oxygens (including phenoxy) is 1. The van der Waals surface area contributed by atoms with Gasteiger partial charge >= 0.3 is 0 Å². The van der Waals surface area contributed by atoms with Crippen LogP contribution in [0.2, 0.25) is 0 Å². The van der Waals surface area contributed by atoms with E-state index in [1.807, 2.05) is 61.5 Å². The summed E-state index contributed by atoms with van der Waals surface area (Å²) in [5.41, 5.74) is 10.1. The molecule has 2 N–H and O–H groups in total. The maximum Gasteiger partial charge on any atom is 0.205 e. The normalized spacial score (nSPS) is 22.1. The molecule has 1 aliphatic carbocycles. The van der Waals surface area contributed by atoms with Gasteiger partial charge in [0.25, 0.3) is 0 Å². The van der Waals surface area contributed by atoms with Crippen LogP contribution in [0.5, 0.6) is 0 Å². The van der Waals surface area contributed by atoms with E-state index < -0.39 is 5.92 Å². The molecular weight excluding hydrogens is 336 g/mol. The first-order valence-corrected chi connectivity index (χ1v) is 9.04. The molecule has 0 amide bonds. The fourth-order valence-corrected chi connectivity index (χ4v) is 4.05. The molecule has 0 fully saturated rings. The highest BCUT2D eigenvalue weighted by Crippen LogP contribution is 2.46. The average molecular weight is 356 g/mol. The minimum absolute atomic E-state index is 0.0249. The molecule has 0 saturated carbocycles. The van der Waals surface area contributed by atoms with Crippen LogP contribution in [0.15, 0.2) is 77.4 Å². The Balaban J connectivity index is 1.80. The van der Waals surface area contributed by atoms with Crippen LogP contribution in [0, 0.1) is 18.3 Å². The van der Waals surface area contributed by atoms with Crippen molar-refractivity contribution in [2.45, 2.75) is 31.6 Å². The zero-order valence-corrected chi connectivity index (χ0v) is 15.1. The van der Waals surface area contributed by atoms with E-state index in [1.54, 1.807) is 0 Å². The third-order valence-corrected chi connectivity index (χ3v) is 5.31. The number of benzene rings is 2. The predicted molar refractivity (Wildman–Crippen MR) is 102 cm³/mol. The van der Waals surface area contributed by atoms with Gasteiger partial charge < -0.3 is 10.5 Å². The lowest BCUT2D eigenvalue weighted by molar-refractivity contribution is -0.117. The number of nitriles is 1. The molecule has 4 heteroatoms. The third-order valence-electron chi connectivity index (χ3n) is 5.31. The van der Waals surface area contributed by atoms with Crippen LogP contribution >= 0.6 is 0 Å². The van der Waals surface area contributed by atoms with Crippen LogP contribution in [0.25, 0.3) is 0 Å². The van der Waals surface area contributed by atoms with E-state index in [2.05, 4.69) is 6.07 Å². The third kappa shape index (κ3) is 3.02. The van der Waals surface area contributed by atoms with Crippen molar-refractivity contribution in [3.63, 3.8) is 0 Å². The van der Waals surface area contributed by atoms with Gasteiger partial charge in [0.15, 0.2) is 5.78 Å². The number of nitrogens with two attached hydrogens (primary N) is 1. The molecule has 0 saturated heterocycles.